The summed E-state index contributed by atoms with van der Waals surface area (Å²) < 4.78 is 2.14. The van der Waals surface area contributed by atoms with Gasteiger partial charge in [-0.1, -0.05) is 35.9 Å². The SMILES string of the molecule is Cc1ccc(-n2c(/C=C/c3ccc(N)cc3)nc3cc(N)ccc32)cc1. The van der Waals surface area contributed by atoms with Crippen molar-refractivity contribution in [1.29, 1.82) is 0 Å². The van der Waals surface area contributed by atoms with Crippen LogP contribution in [0.4, 0.5) is 11.4 Å². The molecule has 4 aromatic rings. The van der Waals surface area contributed by atoms with Crippen LogP contribution in [0.3, 0.4) is 0 Å². The number of nitrogens with zero attached hydrogens (tertiary/aromatic N) is 2. The molecule has 1 heterocycles. The van der Waals surface area contributed by atoms with Gasteiger partial charge in [0.05, 0.1) is 11.0 Å². The zero-order valence-electron chi connectivity index (χ0n) is 14.6. The molecule has 0 saturated carbocycles. The topological polar surface area (TPSA) is 69.9 Å². The Morgan fingerprint density at radius 1 is 0.808 bits per heavy atom. The molecule has 0 radical (unpaired) electrons. The standard InChI is InChI=1S/C22H20N4/c1-15-2-10-19(11-3-15)26-21-12-9-18(24)14-20(21)25-22(26)13-6-16-4-7-17(23)8-5-16/h2-14H,23-24H2,1H3/b13-6+. The van der Waals surface area contributed by atoms with Crippen LogP contribution in [0, 0.1) is 6.92 Å². The lowest BCUT2D eigenvalue weighted by atomic mass is 10.2. The van der Waals surface area contributed by atoms with Crippen LogP contribution < -0.4 is 11.5 Å². The second kappa shape index (κ2) is 6.41. The van der Waals surface area contributed by atoms with Gasteiger partial charge in [0.25, 0.3) is 0 Å². The fraction of sp³-hybridized carbons (Fsp3) is 0.0455. The van der Waals surface area contributed by atoms with E-state index in [0.29, 0.717) is 5.69 Å². The molecule has 0 saturated heterocycles. The molecule has 0 aliphatic carbocycles. The molecule has 4 rings (SSSR count). The van der Waals surface area contributed by atoms with Crippen molar-refractivity contribution >= 4 is 34.6 Å². The van der Waals surface area contributed by atoms with E-state index >= 15 is 0 Å². The average molecular weight is 340 g/mol. The van der Waals surface area contributed by atoms with E-state index in [1.807, 2.05) is 54.6 Å². The predicted octanol–water partition coefficient (Wildman–Crippen LogP) is 4.67. The fourth-order valence-corrected chi connectivity index (χ4v) is 2.97. The highest BCUT2D eigenvalue weighted by molar-refractivity contribution is 5.84. The molecule has 0 aliphatic heterocycles. The molecular formula is C22H20N4. The van der Waals surface area contributed by atoms with Gasteiger partial charge in [0.15, 0.2) is 0 Å². The maximum absolute atomic E-state index is 5.94. The van der Waals surface area contributed by atoms with E-state index in [0.717, 1.165) is 33.8 Å². The molecule has 0 bridgehead atoms. The first-order chi connectivity index (χ1) is 12.6. The van der Waals surface area contributed by atoms with Crippen LogP contribution in [-0.2, 0) is 0 Å². The second-order valence-electron chi connectivity index (χ2n) is 6.39. The van der Waals surface area contributed by atoms with Gasteiger partial charge in [0, 0.05) is 17.1 Å². The zero-order chi connectivity index (χ0) is 18.1. The van der Waals surface area contributed by atoms with Crippen LogP contribution in [0.15, 0.2) is 66.7 Å². The van der Waals surface area contributed by atoms with Crippen LogP contribution in [0.2, 0.25) is 0 Å². The van der Waals surface area contributed by atoms with Gasteiger partial charge in [-0.05, 0) is 61.0 Å². The molecule has 0 spiro atoms. The summed E-state index contributed by atoms with van der Waals surface area (Å²) >= 11 is 0. The number of nitrogens with two attached hydrogens (primary N) is 2. The summed E-state index contributed by atoms with van der Waals surface area (Å²) in [6.07, 6.45) is 4.05. The average Bonchev–Trinajstić information content (AvgIpc) is 2.99. The van der Waals surface area contributed by atoms with E-state index in [-0.39, 0.29) is 0 Å². The molecule has 128 valence electrons. The molecule has 0 aliphatic rings. The largest absolute Gasteiger partial charge is 0.399 e. The number of imidazole rings is 1. The molecule has 4 heteroatoms. The smallest absolute Gasteiger partial charge is 0.138 e. The van der Waals surface area contributed by atoms with E-state index in [2.05, 4.69) is 35.8 Å². The Labute approximate surface area is 152 Å². The third kappa shape index (κ3) is 3.05. The third-order valence-corrected chi connectivity index (χ3v) is 4.36. The first-order valence-electron chi connectivity index (χ1n) is 8.49. The van der Waals surface area contributed by atoms with Gasteiger partial charge in [0.2, 0.25) is 0 Å². The lowest BCUT2D eigenvalue weighted by molar-refractivity contribution is 1.07. The number of aromatic nitrogens is 2. The summed E-state index contributed by atoms with van der Waals surface area (Å²) in [6.45, 7) is 2.08. The Morgan fingerprint density at radius 3 is 2.23 bits per heavy atom. The number of rotatable bonds is 3. The molecule has 4 N–H and O–H groups in total. The van der Waals surface area contributed by atoms with E-state index in [1.54, 1.807) is 0 Å². The Bertz CT molecular complexity index is 1090. The molecule has 1 aromatic heterocycles. The quantitative estimate of drug-likeness (QED) is 0.533. The zero-order valence-corrected chi connectivity index (χ0v) is 14.6. The van der Waals surface area contributed by atoms with E-state index in [1.165, 1.54) is 5.56 Å². The summed E-state index contributed by atoms with van der Waals surface area (Å²) in [4.78, 5) is 4.78. The van der Waals surface area contributed by atoms with Crippen molar-refractivity contribution in [3.63, 3.8) is 0 Å². The summed E-state index contributed by atoms with van der Waals surface area (Å²) in [5.74, 6) is 0.853. The molecule has 0 fully saturated rings. The van der Waals surface area contributed by atoms with Gasteiger partial charge in [-0.15, -0.1) is 0 Å². The normalized spacial score (nSPS) is 11.4. The number of nitrogen functional groups attached to an aromatic ring is 2. The maximum atomic E-state index is 5.94. The predicted molar refractivity (Wildman–Crippen MR) is 110 cm³/mol. The van der Waals surface area contributed by atoms with Gasteiger partial charge in [-0.2, -0.15) is 0 Å². The van der Waals surface area contributed by atoms with Crippen molar-refractivity contribution < 1.29 is 0 Å². The molecule has 0 unspecified atom stereocenters. The summed E-state index contributed by atoms with van der Waals surface area (Å²) in [7, 11) is 0. The lowest BCUT2D eigenvalue weighted by Gasteiger charge is -2.08. The monoisotopic (exact) mass is 340 g/mol. The van der Waals surface area contributed by atoms with Gasteiger partial charge in [-0.25, -0.2) is 4.98 Å². The van der Waals surface area contributed by atoms with Gasteiger partial charge in [0.1, 0.15) is 5.82 Å². The van der Waals surface area contributed by atoms with Crippen molar-refractivity contribution in [3.05, 3.63) is 83.7 Å². The molecule has 3 aromatic carbocycles. The first kappa shape index (κ1) is 16.0. The van der Waals surface area contributed by atoms with Crippen LogP contribution in [0.5, 0.6) is 0 Å². The van der Waals surface area contributed by atoms with Crippen molar-refractivity contribution in [2.24, 2.45) is 0 Å². The van der Waals surface area contributed by atoms with Crippen molar-refractivity contribution in [2.75, 3.05) is 11.5 Å². The van der Waals surface area contributed by atoms with E-state index < -0.39 is 0 Å². The number of hydrogen-bond acceptors (Lipinski definition) is 3. The van der Waals surface area contributed by atoms with E-state index in [9.17, 15) is 0 Å². The van der Waals surface area contributed by atoms with Gasteiger partial charge < -0.3 is 11.5 Å². The van der Waals surface area contributed by atoms with Crippen LogP contribution in [0.1, 0.15) is 17.0 Å². The fourth-order valence-electron chi connectivity index (χ4n) is 2.97. The molecule has 0 atom stereocenters. The first-order valence-corrected chi connectivity index (χ1v) is 8.49. The Hall–Kier alpha value is -3.53. The van der Waals surface area contributed by atoms with E-state index in [4.69, 9.17) is 16.5 Å². The second-order valence-corrected chi connectivity index (χ2v) is 6.39. The Morgan fingerprint density at radius 2 is 1.50 bits per heavy atom. The Kier molecular flexibility index (Phi) is 3.93. The number of anilines is 2. The Balaban J connectivity index is 1.86. The molecule has 26 heavy (non-hydrogen) atoms. The maximum Gasteiger partial charge on any atom is 0.138 e. The number of aryl methyl sites for hydroxylation is 1. The highest BCUT2D eigenvalue weighted by atomic mass is 15.1. The van der Waals surface area contributed by atoms with Crippen LogP contribution in [-0.4, -0.2) is 9.55 Å². The molecule has 0 amide bonds. The molecular weight excluding hydrogens is 320 g/mol. The van der Waals surface area contributed by atoms with Crippen molar-refractivity contribution in [3.8, 4) is 5.69 Å². The number of fused-ring (bicyclic) bond motifs is 1. The number of benzene rings is 3. The minimum absolute atomic E-state index is 0.708. The highest BCUT2D eigenvalue weighted by Gasteiger charge is 2.10. The minimum atomic E-state index is 0.708. The van der Waals surface area contributed by atoms with Gasteiger partial charge >= 0.3 is 0 Å². The van der Waals surface area contributed by atoms with Crippen molar-refractivity contribution in [2.45, 2.75) is 6.92 Å². The highest BCUT2D eigenvalue weighted by Crippen LogP contribution is 2.25. The van der Waals surface area contributed by atoms with Crippen LogP contribution in [0.25, 0.3) is 28.9 Å². The third-order valence-electron chi connectivity index (χ3n) is 4.36. The van der Waals surface area contributed by atoms with Crippen LogP contribution >= 0.6 is 0 Å². The molecule has 4 nitrogen and oxygen atoms in total. The lowest BCUT2D eigenvalue weighted by Crippen LogP contribution is -1.97. The summed E-state index contributed by atoms with van der Waals surface area (Å²) in [5, 5.41) is 0. The van der Waals surface area contributed by atoms with Crippen molar-refractivity contribution in [1.82, 2.24) is 9.55 Å². The van der Waals surface area contributed by atoms with Gasteiger partial charge in [-0.3, -0.25) is 4.57 Å². The summed E-state index contributed by atoms with van der Waals surface area (Å²) in [5.41, 5.74) is 18.4. The summed E-state index contributed by atoms with van der Waals surface area (Å²) in [6, 6.07) is 22.0. The number of hydrogen-bond donors (Lipinski definition) is 2. The minimum Gasteiger partial charge on any atom is -0.399 e.